The van der Waals surface area contributed by atoms with Crippen LogP contribution < -0.4 is 5.32 Å². The van der Waals surface area contributed by atoms with Crippen molar-refractivity contribution in [2.75, 3.05) is 0 Å². The van der Waals surface area contributed by atoms with Gasteiger partial charge in [0.15, 0.2) is 0 Å². The molecule has 0 spiro atoms. The Labute approximate surface area is 141 Å². The summed E-state index contributed by atoms with van der Waals surface area (Å²) in [5.74, 6) is -0.579. The van der Waals surface area contributed by atoms with Crippen molar-refractivity contribution in [3.8, 4) is 11.3 Å². The van der Waals surface area contributed by atoms with Crippen LogP contribution in [0.5, 0.6) is 0 Å². The Morgan fingerprint density at radius 3 is 2.64 bits per heavy atom. The maximum absolute atomic E-state index is 12.7. The molecule has 0 unspecified atom stereocenters. The lowest BCUT2D eigenvalue weighted by Crippen LogP contribution is -2.23. The Balaban J connectivity index is 1.64. The number of benzene rings is 1. The zero-order valence-corrected chi connectivity index (χ0v) is 12.9. The van der Waals surface area contributed by atoms with Gasteiger partial charge in [-0.3, -0.25) is 9.78 Å². The highest BCUT2D eigenvalue weighted by atomic mass is 19.4. The number of nitrogens with zero attached hydrogens (tertiary/aromatic N) is 1. The highest BCUT2D eigenvalue weighted by Gasteiger charge is 2.30. The molecule has 7 heteroatoms. The van der Waals surface area contributed by atoms with Gasteiger partial charge in [-0.25, -0.2) is 0 Å². The van der Waals surface area contributed by atoms with Crippen LogP contribution in [0.3, 0.4) is 0 Å². The zero-order valence-electron chi connectivity index (χ0n) is 12.9. The molecule has 0 aliphatic heterocycles. The van der Waals surface area contributed by atoms with Gasteiger partial charge < -0.3 is 9.73 Å². The van der Waals surface area contributed by atoms with Gasteiger partial charge >= 0.3 is 6.18 Å². The van der Waals surface area contributed by atoms with Crippen LogP contribution >= 0.6 is 0 Å². The van der Waals surface area contributed by atoms with Crippen molar-refractivity contribution in [3.05, 3.63) is 77.9 Å². The van der Waals surface area contributed by atoms with Crippen LogP contribution in [0.15, 0.2) is 65.6 Å². The minimum Gasteiger partial charge on any atom is -0.472 e. The molecule has 0 bridgehead atoms. The highest BCUT2D eigenvalue weighted by molar-refractivity contribution is 5.94. The zero-order chi connectivity index (χ0) is 17.9. The van der Waals surface area contributed by atoms with Gasteiger partial charge in [-0.15, -0.1) is 0 Å². The number of halogens is 3. The van der Waals surface area contributed by atoms with Crippen LogP contribution in [0.4, 0.5) is 13.2 Å². The van der Waals surface area contributed by atoms with E-state index in [1.54, 1.807) is 36.9 Å². The summed E-state index contributed by atoms with van der Waals surface area (Å²) in [6, 6.07) is 9.63. The van der Waals surface area contributed by atoms with E-state index in [0.717, 1.165) is 29.0 Å². The standard InChI is InChI=1S/C18H13F3N2O2/c19-18(20,21)15-3-1-2-13(8-15)17(24)23-10-12-4-5-16(22-9-12)14-6-7-25-11-14/h1-9,11H,10H2,(H,23,24). The third kappa shape index (κ3) is 4.06. The van der Waals surface area contributed by atoms with Gasteiger partial charge in [-0.2, -0.15) is 13.2 Å². The second-order valence-electron chi connectivity index (χ2n) is 5.32. The van der Waals surface area contributed by atoms with Gasteiger partial charge in [0.25, 0.3) is 5.91 Å². The minimum atomic E-state index is -4.48. The molecular weight excluding hydrogens is 333 g/mol. The van der Waals surface area contributed by atoms with E-state index in [4.69, 9.17) is 4.42 Å². The van der Waals surface area contributed by atoms with Gasteiger partial charge in [0, 0.05) is 23.9 Å². The number of pyridine rings is 1. The molecule has 0 radical (unpaired) electrons. The maximum Gasteiger partial charge on any atom is 0.416 e. The number of carbonyl (C=O) groups excluding carboxylic acids is 1. The first-order valence-corrected chi connectivity index (χ1v) is 7.36. The summed E-state index contributed by atoms with van der Waals surface area (Å²) in [6.07, 6.45) is 0.218. The van der Waals surface area contributed by atoms with Gasteiger partial charge in [-0.05, 0) is 35.9 Å². The minimum absolute atomic E-state index is 0.0437. The average Bonchev–Trinajstić information content (AvgIpc) is 3.14. The lowest BCUT2D eigenvalue weighted by molar-refractivity contribution is -0.137. The maximum atomic E-state index is 12.7. The van der Waals surface area contributed by atoms with E-state index in [9.17, 15) is 18.0 Å². The Hall–Kier alpha value is -3.09. The molecule has 2 aromatic heterocycles. The first kappa shape index (κ1) is 16.8. The van der Waals surface area contributed by atoms with Crippen LogP contribution in [0.25, 0.3) is 11.3 Å². The first-order chi connectivity index (χ1) is 11.9. The Kier molecular flexibility index (Phi) is 4.56. The topological polar surface area (TPSA) is 55.1 Å². The Morgan fingerprint density at radius 2 is 2.00 bits per heavy atom. The molecule has 0 saturated heterocycles. The first-order valence-electron chi connectivity index (χ1n) is 7.36. The Bertz CT molecular complexity index is 857. The van der Waals surface area contributed by atoms with Crippen molar-refractivity contribution in [2.45, 2.75) is 12.7 Å². The third-order valence-electron chi connectivity index (χ3n) is 3.55. The van der Waals surface area contributed by atoms with Gasteiger partial charge in [-0.1, -0.05) is 12.1 Å². The molecule has 1 N–H and O–H groups in total. The fourth-order valence-electron chi connectivity index (χ4n) is 2.23. The molecule has 0 saturated carbocycles. The smallest absolute Gasteiger partial charge is 0.416 e. The molecule has 3 rings (SSSR count). The molecule has 1 amide bonds. The molecule has 25 heavy (non-hydrogen) atoms. The normalized spacial score (nSPS) is 11.3. The Morgan fingerprint density at radius 1 is 1.16 bits per heavy atom. The molecular formula is C18H13F3N2O2. The predicted molar refractivity (Wildman–Crippen MR) is 84.6 cm³/mol. The lowest BCUT2D eigenvalue weighted by atomic mass is 10.1. The molecule has 1 aromatic carbocycles. The number of rotatable bonds is 4. The number of nitrogens with one attached hydrogen (secondary N) is 1. The molecule has 2 heterocycles. The number of amides is 1. The summed E-state index contributed by atoms with van der Waals surface area (Å²) in [7, 11) is 0. The number of hydrogen-bond donors (Lipinski definition) is 1. The molecule has 0 fully saturated rings. The monoisotopic (exact) mass is 346 g/mol. The number of furan rings is 1. The van der Waals surface area contributed by atoms with Gasteiger partial charge in [0.2, 0.25) is 0 Å². The SMILES string of the molecule is O=C(NCc1ccc(-c2ccoc2)nc1)c1cccc(C(F)(F)F)c1. The molecule has 4 nitrogen and oxygen atoms in total. The van der Waals surface area contributed by atoms with Crippen molar-refractivity contribution < 1.29 is 22.4 Å². The van der Waals surface area contributed by atoms with E-state index in [-0.39, 0.29) is 12.1 Å². The van der Waals surface area contributed by atoms with E-state index in [1.807, 2.05) is 0 Å². The van der Waals surface area contributed by atoms with Crippen molar-refractivity contribution in [1.82, 2.24) is 10.3 Å². The fraction of sp³-hybridized carbons (Fsp3) is 0.111. The fourth-order valence-corrected chi connectivity index (χ4v) is 2.23. The molecule has 0 aliphatic carbocycles. The quantitative estimate of drug-likeness (QED) is 0.767. The van der Waals surface area contributed by atoms with Crippen LogP contribution in [-0.2, 0) is 12.7 Å². The summed E-state index contributed by atoms with van der Waals surface area (Å²) < 4.78 is 43.1. The van der Waals surface area contributed by atoms with E-state index < -0.39 is 17.6 Å². The van der Waals surface area contributed by atoms with Crippen molar-refractivity contribution in [3.63, 3.8) is 0 Å². The van der Waals surface area contributed by atoms with Crippen molar-refractivity contribution in [2.24, 2.45) is 0 Å². The largest absolute Gasteiger partial charge is 0.472 e. The molecule has 128 valence electrons. The third-order valence-corrected chi connectivity index (χ3v) is 3.55. The van der Waals surface area contributed by atoms with Crippen LogP contribution in [0.2, 0.25) is 0 Å². The van der Waals surface area contributed by atoms with Crippen LogP contribution in [-0.4, -0.2) is 10.9 Å². The van der Waals surface area contributed by atoms with E-state index in [1.165, 1.54) is 12.1 Å². The van der Waals surface area contributed by atoms with Crippen LogP contribution in [0, 0.1) is 0 Å². The second kappa shape index (κ2) is 6.80. The van der Waals surface area contributed by atoms with Crippen molar-refractivity contribution in [1.29, 1.82) is 0 Å². The summed E-state index contributed by atoms with van der Waals surface area (Å²) >= 11 is 0. The molecule has 0 atom stereocenters. The molecule has 0 aliphatic rings. The van der Waals surface area contributed by atoms with Gasteiger partial charge in [0.1, 0.15) is 0 Å². The number of alkyl halides is 3. The average molecular weight is 346 g/mol. The van der Waals surface area contributed by atoms with Gasteiger partial charge in [0.05, 0.1) is 23.8 Å². The summed E-state index contributed by atoms with van der Waals surface area (Å²) in [6.45, 7) is 0.160. The summed E-state index contributed by atoms with van der Waals surface area (Å²) in [4.78, 5) is 16.3. The van der Waals surface area contributed by atoms with E-state index in [2.05, 4.69) is 10.3 Å². The highest BCUT2D eigenvalue weighted by Crippen LogP contribution is 2.29. The van der Waals surface area contributed by atoms with Crippen LogP contribution in [0.1, 0.15) is 21.5 Å². The number of hydrogen-bond acceptors (Lipinski definition) is 3. The molecule has 3 aromatic rings. The summed E-state index contributed by atoms with van der Waals surface area (Å²) in [5, 5.41) is 2.58. The van der Waals surface area contributed by atoms with E-state index >= 15 is 0 Å². The predicted octanol–water partition coefficient (Wildman–Crippen LogP) is 4.29. The van der Waals surface area contributed by atoms with E-state index in [0.29, 0.717) is 0 Å². The number of carbonyl (C=O) groups is 1. The summed E-state index contributed by atoms with van der Waals surface area (Å²) in [5.41, 5.74) is 1.39. The number of aromatic nitrogens is 1. The van der Waals surface area contributed by atoms with Crippen molar-refractivity contribution >= 4 is 5.91 Å². The second-order valence-corrected chi connectivity index (χ2v) is 5.32. The lowest BCUT2D eigenvalue weighted by Gasteiger charge is -2.09.